The first-order chi connectivity index (χ1) is 12.9. The van der Waals surface area contributed by atoms with Crippen LogP contribution in [0.2, 0.25) is 0 Å². The quantitative estimate of drug-likeness (QED) is 0.824. The van der Waals surface area contributed by atoms with Gasteiger partial charge in [-0.2, -0.15) is 4.31 Å². The Morgan fingerprint density at radius 2 is 1.74 bits per heavy atom. The van der Waals surface area contributed by atoms with Crippen LogP contribution in [0, 0.1) is 0 Å². The Bertz CT molecular complexity index is 901. The largest absolute Gasteiger partial charge is 0.350 e. The maximum Gasteiger partial charge on any atom is 0.251 e. The Balaban J connectivity index is 1.81. The van der Waals surface area contributed by atoms with Gasteiger partial charge in [0.05, 0.1) is 4.90 Å². The molecule has 0 bridgehead atoms. The second-order valence-electron chi connectivity index (χ2n) is 7.00. The predicted molar refractivity (Wildman–Crippen MR) is 107 cm³/mol. The lowest BCUT2D eigenvalue weighted by atomic mass is 10.0. The van der Waals surface area contributed by atoms with Crippen LogP contribution in [-0.4, -0.2) is 37.8 Å². The van der Waals surface area contributed by atoms with Gasteiger partial charge in [-0.3, -0.25) is 4.79 Å². The molecule has 0 spiro atoms. The Hall–Kier alpha value is -2.18. The Morgan fingerprint density at radius 1 is 1.07 bits per heavy atom. The average Bonchev–Trinajstić information content (AvgIpc) is 3.24. The Labute approximate surface area is 161 Å². The van der Waals surface area contributed by atoms with Gasteiger partial charge in [-0.25, -0.2) is 8.42 Å². The summed E-state index contributed by atoms with van der Waals surface area (Å²) in [5.41, 5.74) is 2.37. The fourth-order valence-electron chi connectivity index (χ4n) is 3.15. The van der Waals surface area contributed by atoms with E-state index in [1.165, 1.54) is 0 Å². The SMILES string of the molecule is CC[C@@H](C)NC(=O)c1cccc(-c2ccc(S(=O)(=O)N3CCCC3)cc2)c1. The summed E-state index contributed by atoms with van der Waals surface area (Å²) >= 11 is 0. The van der Waals surface area contributed by atoms with Gasteiger partial charge in [0.1, 0.15) is 0 Å². The number of sulfonamides is 1. The van der Waals surface area contributed by atoms with Crippen LogP contribution in [0.15, 0.2) is 53.4 Å². The van der Waals surface area contributed by atoms with Gasteiger partial charge in [-0.05, 0) is 61.6 Å². The molecule has 6 heteroatoms. The summed E-state index contributed by atoms with van der Waals surface area (Å²) in [6.07, 6.45) is 2.71. The van der Waals surface area contributed by atoms with Crippen LogP contribution in [-0.2, 0) is 10.0 Å². The smallest absolute Gasteiger partial charge is 0.251 e. The van der Waals surface area contributed by atoms with Crippen molar-refractivity contribution in [1.29, 1.82) is 0 Å². The molecule has 0 radical (unpaired) electrons. The first kappa shape index (κ1) is 19.6. The maximum absolute atomic E-state index is 12.6. The van der Waals surface area contributed by atoms with Crippen molar-refractivity contribution in [2.75, 3.05) is 13.1 Å². The van der Waals surface area contributed by atoms with Crippen LogP contribution >= 0.6 is 0 Å². The molecule has 3 rings (SSSR count). The minimum Gasteiger partial charge on any atom is -0.350 e. The van der Waals surface area contributed by atoms with E-state index < -0.39 is 10.0 Å². The molecule has 1 heterocycles. The van der Waals surface area contributed by atoms with Crippen LogP contribution in [0.5, 0.6) is 0 Å². The summed E-state index contributed by atoms with van der Waals surface area (Å²) in [6.45, 7) is 5.19. The third-order valence-electron chi connectivity index (χ3n) is 5.01. The third-order valence-corrected chi connectivity index (χ3v) is 6.92. The van der Waals surface area contributed by atoms with E-state index in [-0.39, 0.29) is 11.9 Å². The molecule has 1 fully saturated rings. The third kappa shape index (κ3) is 4.39. The number of carbonyl (C=O) groups excluding carboxylic acids is 1. The van der Waals surface area contributed by atoms with Crippen molar-refractivity contribution in [1.82, 2.24) is 9.62 Å². The zero-order valence-corrected chi connectivity index (χ0v) is 16.6. The summed E-state index contributed by atoms with van der Waals surface area (Å²) in [6, 6.07) is 14.4. The maximum atomic E-state index is 12.6. The highest BCUT2D eigenvalue weighted by molar-refractivity contribution is 7.89. The van der Waals surface area contributed by atoms with Gasteiger partial charge in [0, 0.05) is 24.7 Å². The fraction of sp³-hybridized carbons (Fsp3) is 0.381. The summed E-state index contributed by atoms with van der Waals surface area (Å²) in [5.74, 6) is -0.0977. The number of hydrogen-bond acceptors (Lipinski definition) is 3. The molecule has 5 nitrogen and oxygen atoms in total. The Kier molecular flexibility index (Phi) is 5.97. The predicted octanol–water partition coefficient (Wildman–Crippen LogP) is 3.67. The van der Waals surface area contributed by atoms with Gasteiger partial charge >= 0.3 is 0 Å². The second kappa shape index (κ2) is 8.23. The zero-order valence-electron chi connectivity index (χ0n) is 15.8. The van der Waals surface area contributed by atoms with Gasteiger partial charge in [0.25, 0.3) is 5.91 Å². The lowest BCUT2D eigenvalue weighted by Gasteiger charge is -2.16. The molecule has 0 aromatic heterocycles. The minimum absolute atomic E-state index is 0.0977. The van der Waals surface area contributed by atoms with Gasteiger partial charge in [0.2, 0.25) is 10.0 Å². The molecule has 2 aromatic rings. The number of benzene rings is 2. The number of rotatable bonds is 6. The van der Waals surface area contributed by atoms with Gasteiger partial charge in [-0.15, -0.1) is 0 Å². The number of carbonyl (C=O) groups is 1. The normalized spacial score (nSPS) is 16.2. The van der Waals surface area contributed by atoms with Crippen LogP contribution in [0.1, 0.15) is 43.5 Å². The van der Waals surface area contributed by atoms with E-state index in [2.05, 4.69) is 5.32 Å². The van der Waals surface area contributed by atoms with Gasteiger partial charge < -0.3 is 5.32 Å². The molecule has 2 aromatic carbocycles. The van der Waals surface area contributed by atoms with Crippen LogP contribution < -0.4 is 5.32 Å². The monoisotopic (exact) mass is 386 g/mol. The minimum atomic E-state index is -3.41. The van der Waals surface area contributed by atoms with Crippen molar-refractivity contribution in [3.63, 3.8) is 0 Å². The molecular formula is C21H26N2O3S. The van der Waals surface area contributed by atoms with Crippen LogP contribution in [0.4, 0.5) is 0 Å². The topological polar surface area (TPSA) is 66.5 Å². The fourth-order valence-corrected chi connectivity index (χ4v) is 4.66. The van der Waals surface area contributed by atoms with Crippen molar-refractivity contribution in [2.24, 2.45) is 0 Å². The summed E-state index contributed by atoms with van der Waals surface area (Å²) < 4.78 is 26.8. The number of hydrogen-bond donors (Lipinski definition) is 1. The summed E-state index contributed by atoms with van der Waals surface area (Å²) in [5, 5.41) is 2.96. The summed E-state index contributed by atoms with van der Waals surface area (Å²) in [7, 11) is -3.41. The van der Waals surface area contributed by atoms with E-state index in [0.717, 1.165) is 30.4 Å². The molecule has 1 amide bonds. The molecular weight excluding hydrogens is 360 g/mol. The van der Waals surface area contributed by atoms with Gasteiger partial charge in [0.15, 0.2) is 0 Å². The molecule has 1 atom stereocenters. The first-order valence-corrected chi connectivity index (χ1v) is 10.9. The highest BCUT2D eigenvalue weighted by atomic mass is 32.2. The lowest BCUT2D eigenvalue weighted by Crippen LogP contribution is -2.31. The van der Waals surface area contributed by atoms with E-state index in [1.54, 1.807) is 34.6 Å². The molecule has 1 aliphatic heterocycles. The van der Waals surface area contributed by atoms with E-state index in [1.807, 2.05) is 32.0 Å². The molecule has 1 aliphatic rings. The lowest BCUT2D eigenvalue weighted by molar-refractivity contribution is 0.0939. The highest BCUT2D eigenvalue weighted by Crippen LogP contribution is 2.25. The van der Waals surface area contributed by atoms with Crippen molar-refractivity contribution in [3.8, 4) is 11.1 Å². The van der Waals surface area contributed by atoms with Gasteiger partial charge in [-0.1, -0.05) is 31.2 Å². The number of amides is 1. The average molecular weight is 387 g/mol. The van der Waals surface area contributed by atoms with Crippen molar-refractivity contribution in [2.45, 2.75) is 44.0 Å². The molecule has 27 heavy (non-hydrogen) atoms. The van der Waals surface area contributed by atoms with E-state index in [0.29, 0.717) is 23.5 Å². The number of nitrogens with zero attached hydrogens (tertiary/aromatic N) is 1. The molecule has 0 aliphatic carbocycles. The molecule has 1 saturated heterocycles. The molecule has 144 valence electrons. The highest BCUT2D eigenvalue weighted by Gasteiger charge is 2.26. The van der Waals surface area contributed by atoms with Crippen LogP contribution in [0.3, 0.4) is 0 Å². The first-order valence-electron chi connectivity index (χ1n) is 9.43. The van der Waals surface area contributed by atoms with Crippen molar-refractivity contribution in [3.05, 3.63) is 54.1 Å². The standard InChI is InChI=1S/C21H26N2O3S/c1-3-16(2)22-21(24)19-8-6-7-18(15-19)17-9-11-20(12-10-17)27(25,26)23-13-4-5-14-23/h6-12,15-16H,3-5,13-14H2,1-2H3,(H,22,24)/t16-/m1/s1. The molecule has 0 unspecified atom stereocenters. The summed E-state index contributed by atoms with van der Waals surface area (Å²) in [4.78, 5) is 12.7. The van der Waals surface area contributed by atoms with E-state index in [9.17, 15) is 13.2 Å². The molecule has 0 saturated carbocycles. The number of nitrogens with one attached hydrogen (secondary N) is 1. The zero-order chi connectivity index (χ0) is 19.4. The van der Waals surface area contributed by atoms with Crippen molar-refractivity contribution < 1.29 is 13.2 Å². The Morgan fingerprint density at radius 3 is 2.37 bits per heavy atom. The second-order valence-corrected chi connectivity index (χ2v) is 8.94. The van der Waals surface area contributed by atoms with Crippen LogP contribution in [0.25, 0.3) is 11.1 Å². The van der Waals surface area contributed by atoms with E-state index >= 15 is 0 Å². The van der Waals surface area contributed by atoms with E-state index in [4.69, 9.17) is 0 Å². The molecule has 1 N–H and O–H groups in total. The van der Waals surface area contributed by atoms with Crippen molar-refractivity contribution >= 4 is 15.9 Å².